The first-order valence-corrected chi connectivity index (χ1v) is 12.7. The topological polar surface area (TPSA) is 72.8 Å². The Morgan fingerprint density at radius 2 is 1.74 bits per heavy atom. The number of aliphatic hydroxyl groups is 1. The van der Waals surface area contributed by atoms with E-state index in [9.17, 15) is 14.7 Å². The number of ether oxygens (including phenoxy) is 2. The molecule has 186 valence electrons. The minimum absolute atomic E-state index is 0.115. The number of esters is 2. The summed E-state index contributed by atoms with van der Waals surface area (Å²) in [5.41, 5.74) is 0.681. The van der Waals surface area contributed by atoms with Crippen molar-refractivity contribution in [3.05, 3.63) is 72.4 Å². The van der Waals surface area contributed by atoms with Crippen LogP contribution in [0.2, 0.25) is 0 Å². The average Bonchev–Trinajstić information content (AvgIpc) is 3.00. The molecule has 4 aliphatic rings. The van der Waals surface area contributed by atoms with Gasteiger partial charge in [0.25, 0.3) is 0 Å². The fourth-order valence-electron chi connectivity index (χ4n) is 7.83. The molecule has 0 radical (unpaired) electrons. The lowest BCUT2D eigenvalue weighted by Gasteiger charge is -2.61. The van der Waals surface area contributed by atoms with E-state index in [-0.39, 0.29) is 52.7 Å². The zero-order valence-electron chi connectivity index (χ0n) is 21.0. The van der Waals surface area contributed by atoms with Crippen molar-refractivity contribution in [2.45, 2.75) is 70.7 Å². The lowest BCUT2D eigenvalue weighted by atomic mass is 9.45. The fourth-order valence-corrected chi connectivity index (χ4v) is 7.83. The monoisotopic (exact) mass is 476 g/mol. The quantitative estimate of drug-likeness (QED) is 0.467. The molecule has 4 aliphatic carbocycles. The highest BCUT2D eigenvalue weighted by Crippen LogP contribution is 2.67. The van der Waals surface area contributed by atoms with Gasteiger partial charge in [-0.25, -0.2) is 4.79 Å². The van der Waals surface area contributed by atoms with Crippen molar-refractivity contribution in [2.24, 2.45) is 28.6 Å². The Balaban J connectivity index is 1.40. The third-order valence-corrected chi connectivity index (χ3v) is 9.75. The van der Waals surface area contributed by atoms with Gasteiger partial charge in [0, 0.05) is 24.2 Å². The first-order valence-electron chi connectivity index (χ1n) is 12.7. The predicted molar refractivity (Wildman–Crippen MR) is 133 cm³/mol. The third kappa shape index (κ3) is 3.54. The summed E-state index contributed by atoms with van der Waals surface area (Å²) in [7, 11) is 0. The second-order valence-corrected chi connectivity index (χ2v) is 11.6. The van der Waals surface area contributed by atoms with Crippen LogP contribution in [0.15, 0.2) is 66.8 Å². The number of hydrogen-bond acceptors (Lipinski definition) is 5. The number of rotatable bonds is 3. The maximum atomic E-state index is 12.6. The average molecular weight is 477 g/mol. The van der Waals surface area contributed by atoms with Gasteiger partial charge in [0.05, 0.1) is 11.2 Å². The van der Waals surface area contributed by atoms with Crippen molar-refractivity contribution in [3.63, 3.8) is 0 Å². The van der Waals surface area contributed by atoms with Gasteiger partial charge in [-0.1, -0.05) is 57.4 Å². The lowest BCUT2D eigenvalue weighted by Crippen LogP contribution is -2.61. The molecular formula is C30H36O5. The Morgan fingerprint density at radius 3 is 2.43 bits per heavy atom. The van der Waals surface area contributed by atoms with Crippen molar-refractivity contribution in [1.29, 1.82) is 0 Å². The smallest absolute Gasteiger partial charge is 0.338 e. The first-order chi connectivity index (χ1) is 16.5. The van der Waals surface area contributed by atoms with Crippen molar-refractivity contribution >= 4 is 11.9 Å². The highest BCUT2D eigenvalue weighted by Gasteiger charge is 2.65. The van der Waals surface area contributed by atoms with Crippen molar-refractivity contribution in [3.8, 4) is 0 Å². The highest BCUT2D eigenvalue weighted by atomic mass is 16.5. The van der Waals surface area contributed by atoms with E-state index < -0.39 is 5.60 Å². The van der Waals surface area contributed by atoms with Crippen LogP contribution in [0.5, 0.6) is 0 Å². The Morgan fingerprint density at radius 1 is 1.03 bits per heavy atom. The van der Waals surface area contributed by atoms with Crippen LogP contribution < -0.4 is 0 Å². The predicted octanol–water partition coefficient (Wildman–Crippen LogP) is 5.41. The summed E-state index contributed by atoms with van der Waals surface area (Å²) in [4.78, 5) is 24.5. The van der Waals surface area contributed by atoms with Gasteiger partial charge in [0.2, 0.25) is 0 Å². The molecule has 5 rings (SSSR count). The number of benzene rings is 1. The van der Waals surface area contributed by atoms with Crippen molar-refractivity contribution in [1.82, 2.24) is 0 Å². The number of hydrogen-bond donors (Lipinski definition) is 1. The standard InChI is InChI=1S/C30H36O5/c1-18-19(2)26(34-20(3)31)28(4)14-13-24-23(25(18)28)12-16-30(33)17-22(11-15-29(24,30)5)35-27(32)21-9-7-6-8-10-21/h6-10,12,16,22-26,33H,1-2,11,13-15,17H2,3-5H3/t22?,23-,24-,25+,26?,28+,29-,30?/m1/s1. The molecule has 1 aromatic rings. The second-order valence-electron chi connectivity index (χ2n) is 11.6. The summed E-state index contributed by atoms with van der Waals surface area (Å²) in [6.45, 7) is 14.5. The molecule has 3 unspecified atom stereocenters. The van der Waals surface area contributed by atoms with E-state index in [0.717, 1.165) is 36.8 Å². The first kappa shape index (κ1) is 24.1. The Bertz CT molecular complexity index is 1110. The van der Waals surface area contributed by atoms with Crippen LogP contribution >= 0.6 is 0 Å². The molecule has 0 saturated heterocycles. The molecular weight excluding hydrogens is 440 g/mol. The highest BCUT2D eigenvalue weighted by molar-refractivity contribution is 5.89. The van der Waals surface area contributed by atoms with Crippen LogP contribution in [-0.2, 0) is 14.3 Å². The molecule has 0 aromatic heterocycles. The Hall–Kier alpha value is -2.66. The molecule has 35 heavy (non-hydrogen) atoms. The van der Waals surface area contributed by atoms with Crippen molar-refractivity contribution < 1.29 is 24.2 Å². The van der Waals surface area contributed by atoms with E-state index in [1.54, 1.807) is 12.1 Å². The fraction of sp³-hybridized carbons (Fsp3) is 0.533. The van der Waals surface area contributed by atoms with Crippen LogP contribution in [0.4, 0.5) is 0 Å². The summed E-state index contributed by atoms with van der Waals surface area (Å²) in [6.07, 6.45) is 7.12. The van der Waals surface area contributed by atoms with Gasteiger partial charge >= 0.3 is 11.9 Å². The molecule has 3 saturated carbocycles. The SMILES string of the molecule is C=C1C(=C)[C@H]2[C@@H]3C=CC4(O)CC(OC(=O)c5ccccc5)CC[C@]4(C)[C@@H]3CC[C@]2(C)C1OC(C)=O. The van der Waals surface area contributed by atoms with E-state index in [4.69, 9.17) is 9.47 Å². The normalized spacial score (nSPS) is 42.0. The van der Waals surface area contributed by atoms with Crippen LogP contribution in [0.3, 0.4) is 0 Å². The molecule has 8 atom stereocenters. The molecule has 5 nitrogen and oxygen atoms in total. The van der Waals surface area contributed by atoms with Gasteiger partial charge in [-0.2, -0.15) is 0 Å². The molecule has 0 amide bonds. The molecule has 3 fully saturated rings. The van der Waals surface area contributed by atoms with Gasteiger partial charge in [-0.15, -0.1) is 0 Å². The van der Waals surface area contributed by atoms with Crippen LogP contribution in [0.25, 0.3) is 0 Å². The van der Waals surface area contributed by atoms with Crippen molar-refractivity contribution in [2.75, 3.05) is 0 Å². The molecule has 1 N–H and O–H groups in total. The maximum absolute atomic E-state index is 12.6. The zero-order chi connectivity index (χ0) is 25.2. The molecule has 5 heteroatoms. The number of fused-ring (bicyclic) bond motifs is 5. The maximum Gasteiger partial charge on any atom is 0.338 e. The van der Waals surface area contributed by atoms with E-state index in [2.05, 4.69) is 33.1 Å². The van der Waals surface area contributed by atoms with Gasteiger partial charge in [-0.05, 0) is 66.7 Å². The number of carbonyl (C=O) groups is 2. The second kappa shape index (κ2) is 8.19. The van der Waals surface area contributed by atoms with Gasteiger partial charge in [0.15, 0.2) is 0 Å². The third-order valence-electron chi connectivity index (χ3n) is 9.75. The molecule has 0 spiro atoms. The Kier molecular flexibility index (Phi) is 5.63. The van der Waals surface area contributed by atoms with E-state index >= 15 is 0 Å². The summed E-state index contributed by atoms with van der Waals surface area (Å²) in [6, 6.07) is 9.01. The summed E-state index contributed by atoms with van der Waals surface area (Å²) >= 11 is 0. The number of carbonyl (C=O) groups excluding carboxylic acids is 2. The molecule has 0 aliphatic heterocycles. The molecule has 0 bridgehead atoms. The van der Waals surface area contributed by atoms with E-state index in [0.29, 0.717) is 12.0 Å². The van der Waals surface area contributed by atoms with E-state index in [1.165, 1.54) is 6.92 Å². The van der Waals surface area contributed by atoms with E-state index in [1.807, 2.05) is 24.3 Å². The Labute approximate surface area is 207 Å². The van der Waals surface area contributed by atoms with Gasteiger partial charge in [0.1, 0.15) is 12.2 Å². The van der Waals surface area contributed by atoms with Gasteiger partial charge < -0.3 is 14.6 Å². The molecule has 0 heterocycles. The largest absolute Gasteiger partial charge is 0.459 e. The number of allylic oxidation sites excluding steroid dienone is 1. The minimum Gasteiger partial charge on any atom is -0.459 e. The summed E-state index contributed by atoms with van der Waals surface area (Å²) < 4.78 is 11.6. The van der Waals surface area contributed by atoms with Crippen LogP contribution in [0, 0.1) is 28.6 Å². The van der Waals surface area contributed by atoms with Crippen LogP contribution in [0.1, 0.15) is 63.2 Å². The lowest BCUT2D eigenvalue weighted by molar-refractivity contribution is -0.173. The summed E-state index contributed by atoms with van der Waals surface area (Å²) in [5.74, 6) is -0.0818. The minimum atomic E-state index is -1.05. The zero-order valence-corrected chi connectivity index (χ0v) is 21.0. The van der Waals surface area contributed by atoms with Gasteiger partial charge in [-0.3, -0.25) is 4.79 Å². The molecule has 1 aromatic carbocycles. The summed E-state index contributed by atoms with van der Waals surface area (Å²) in [5, 5.41) is 11.9. The van der Waals surface area contributed by atoms with Crippen LogP contribution in [-0.4, -0.2) is 34.9 Å².